The first-order chi connectivity index (χ1) is 33.6. The zero-order valence-electron chi connectivity index (χ0n) is 37.2. The van der Waals surface area contributed by atoms with Crippen molar-refractivity contribution in [1.29, 1.82) is 0 Å². The summed E-state index contributed by atoms with van der Waals surface area (Å²) in [4.78, 5) is 2.37. The maximum atomic E-state index is 6.45. The van der Waals surface area contributed by atoms with Gasteiger partial charge in [-0.3, -0.25) is 0 Å². The molecular formula is C64H43N3O. The van der Waals surface area contributed by atoms with E-state index in [0.717, 1.165) is 83.7 Å². The molecule has 3 heterocycles. The number of rotatable bonds is 9. The lowest BCUT2D eigenvalue weighted by Crippen LogP contribution is -2.11. The van der Waals surface area contributed by atoms with Crippen molar-refractivity contribution in [1.82, 2.24) is 9.13 Å². The van der Waals surface area contributed by atoms with Gasteiger partial charge in [0.1, 0.15) is 11.2 Å². The van der Waals surface area contributed by atoms with Gasteiger partial charge in [-0.25, -0.2) is 0 Å². The van der Waals surface area contributed by atoms with Crippen molar-refractivity contribution in [2.45, 2.75) is 0 Å². The summed E-state index contributed by atoms with van der Waals surface area (Å²) in [5.41, 5.74) is 15.7. The molecule has 0 aliphatic heterocycles. The molecule has 0 radical (unpaired) electrons. The molecule has 10 aromatic carbocycles. The standard InChI is InChI=1S/C64H43N3O/c1-3-43(38-42(2)65-59-24-12-7-19-52(59)53-20-8-13-25-60(53)65)44-28-31-48(32-29-44)66(49-33-35-50(36-34-49)67-61-26-14-9-21-54(61)55-22-10-15-27-62(55)67)58-23-11-6-18-51(58)47-30-37-63-56(40-47)57-39-45-16-4-5-17-46(45)41-64(57)68-63/h3-41H,1-2H2/b43-38+. The summed E-state index contributed by atoms with van der Waals surface area (Å²) >= 11 is 0. The van der Waals surface area contributed by atoms with Crippen LogP contribution in [0.25, 0.3) is 104 Å². The van der Waals surface area contributed by atoms with Crippen LogP contribution >= 0.6 is 0 Å². The minimum Gasteiger partial charge on any atom is -0.456 e. The molecule has 68 heavy (non-hydrogen) atoms. The molecule has 0 aliphatic rings. The lowest BCUT2D eigenvalue weighted by Gasteiger charge is -2.28. The second kappa shape index (κ2) is 15.8. The molecule has 4 heteroatoms. The third-order valence-electron chi connectivity index (χ3n) is 13.6. The minimum absolute atomic E-state index is 0.871. The van der Waals surface area contributed by atoms with Gasteiger partial charge in [0.05, 0.1) is 27.8 Å². The first kappa shape index (κ1) is 39.3. The third-order valence-corrected chi connectivity index (χ3v) is 13.6. The molecule has 0 fully saturated rings. The molecule has 320 valence electrons. The number of allylic oxidation sites excluding steroid dienone is 4. The summed E-state index contributed by atoms with van der Waals surface area (Å²) in [7, 11) is 0. The summed E-state index contributed by atoms with van der Waals surface area (Å²) in [6.45, 7) is 8.88. The van der Waals surface area contributed by atoms with Crippen LogP contribution in [0.5, 0.6) is 0 Å². The van der Waals surface area contributed by atoms with Crippen LogP contribution in [0.3, 0.4) is 0 Å². The van der Waals surface area contributed by atoms with E-state index < -0.39 is 0 Å². The van der Waals surface area contributed by atoms with E-state index in [9.17, 15) is 0 Å². The zero-order chi connectivity index (χ0) is 45.3. The van der Waals surface area contributed by atoms with E-state index in [-0.39, 0.29) is 0 Å². The molecule has 0 aliphatic carbocycles. The Hall–Kier alpha value is -9.12. The number of hydrogen-bond donors (Lipinski definition) is 0. The quantitative estimate of drug-likeness (QED) is 0.135. The Morgan fingerprint density at radius 1 is 0.456 bits per heavy atom. The van der Waals surface area contributed by atoms with Crippen LogP contribution in [0.1, 0.15) is 5.56 Å². The van der Waals surface area contributed by atoms with Crippen LogP contribution < -0.4 is 4.90 Å². The van der Waals surface area contributed by atoms with Crippen molar-refractivity contribution in [2.75, 3.05) is 4.90 Å². The van der Waals surface area contributed by atoms with Gasteiger partial charge in [-0.1, -0.05) is 153 Å². The highest BCUT2D eigenvalue weighted by atomic mass is 16.3. The molecule has 0 unspecified atom stereocenters. The lowest BCUT2D eigenvalue weighted by atomic mass is 9.98. The van der Waals surface area contributed by atoms with Gasteiger partial charge in [0, 0.05) is 60.6 Å². The van der Waals surface area contributed by atoms with E-state index in [4.69, 9.17) is 4.42 Å². The average molecular weight is 870 g/mol. The predicted molar refractivity (Wildman–Crippen MR) is 289 cm³/mol. The highest BCUT2D eigenvalue weighted by Crippen LogP contribution is 2.44. The number of benzene rings is 10. The third kappa shape index (κ3) is 6.30. The van der Waals surface area contributed by atoms with Crippen LogP contribution in [-0.4, -0.2) is 9.13 Å². The minimum atomic E-state index is 0.871. The van der Waals surface area contributed by atoms with Crippen LogP contribution in [0.4, 0.5) is 17.1 Å². The van der Waals surface area contributed by atoms with Crippen molar-refractivity contribution < 1.29 is 4.42 Å². The SMILES string of the molecule is C=C/C(=C\C(=C)n1c2ccccc2c2ccccc21)c1ccc(N(c2ccc(-n3c4ccccc4c4ccccc43)cc2)c2ccccc2-c2ccc3oc4cc5ccccc5cc4c3c2)cc1. The molecule has 4 nitrogen and oxygen atoms in total. The highest BCUT2D eigenvalue weighted by molar-refractivity contribution is 6.13. The Bertz CT molecular complexity index is 4070. The number of anilines is 3. The lowest BCUT2D eigenvalue weighted by molar-refractivity contribution is 0.669. The van der Waals surface area contributed by atoms with Gasteiger partial charge in [-0.2, -0.15) is 0 Å². The molecular weight excluding hydrogens is 827 g/mol. The Morgan fingerprint density at radius 2 is 0.971 bits per heavy atom. The molecule has 13 rings (SSSR count). The van der Waals surface area contributed by atoms with Crippen LogP contribution in [0.2, 0.25) is 0 Å². The molecule has 0 bridgehead atoms. The van der Waals surface area contributed by atoms with Crippen molar-refractivity contribution in [3.05, 3.63) is 255 Å². The van der Waals surface area contributed by atoms with Gasteiger partial charge in [0.25, 0.3) is 0 Å². The van der Waals surface area contributed by atoms with Gasteiger partial charge in [0.15, 0.2) is 0 Å². The highest BCUT2D eigenvalue weighted by Gasteiger charge is 2.20. The Morgan fingerprint density at radius 3 is 1.60 bits per heavy atom. The summed E-state index contributed by atoms with van der Waals surface area (Å²) < 4.78 is 11.1. The van der Waals surface area contributed by atoms with E-state index in [1.54, 1.807) is 0 Å². The van der Waals surface area contributed by atoms with Crippen molar-refractivity contribution in [3.63, 3.8) is 0 Å². The first-order valence-corrected chi connectivity index (χ1v) is 23.0. The van der Waals surface area contributed by atoms with E-state index in [2.05, 4.69) is 258 Å². The largest absolute Gasteiger partial charge is 0.456 e. The molecule has 0 saturated carbocycles. The summed E-state index contributed by atoms with van der Waals surface area (Å²) in [5, 5.41) is 9.45. The molecule has 0 atom stereocenters. The second-order valence-corrected chi connectivity index (χ2v) is 17.5. The predicted octanol–water partition coefficient (Wildman–Crippen LogP) is 17.8. The fraction of sp³-hybridized carbons (Fsp3) is 0. The smallest absolute Gasteiger partial charge is 0.136 e. The van der Waals surface area contributed by atoms with E-state index in [0.29, 0.717) is 0 Å². The van der Waals surface area contributed by atoms with Gasteiger partial charge >= 0.3 is 0 Å². The molecule has 0 spiro atoms. The number of hydrogen-bond acceptors (Lipinski definition) is 2. The Kier molecular flexibility index (Phi) is 9.12. The van der Waals surface area contributed by atoms with Gasteiger partial charge in [-0.15, -0.1) is 0 Å². The zero-order valence-corrected chi connectivity index (χ0v) is 37.2. The average Bonchev–Trinajstić information content (AvgIpc) is 4.05. The molecule has 0 saturated heterocycles. The monoisotopic (exact) mass is 869 g/mol. The fourth-order valence-corrected chi connectivity index (χ4v) is 10.5. The summed E-state index contributed by atoms with van der Waals surface area (Å²) in [6, 6.07) is 80.3. The number of nitrogens with zero attached hydrogens (tertiary/aromatic N) is 3. The van der Waals surface area contributed by atoms with E-state index in [1.807, 2.05) is 6.08 Å². The Labute approximate surface area is 393 Å². The van der Waals surface area contributed by atoms with E-state index in [1.165, 1.54) is 43.4 Å². The Balaban J connectivity index is 0.937. The first-order valence-electron chi connectivity index (χ1n) is 23.0. The molecule has 13 aromatic rings. The maximum Gasteiger partial charge on any atom is 0.136 e. The summed E-state index contributed by atoms with van der Waals surface area (Å²) in [6.07, 6.45) is 4.06. The molecule has 0 amide bonds. The van der Waals surface area contributed by atoms with Crippen molar-refractivity contribution in [2.24, 2.45) is 0 Å². The van der Waals surface area contributed by atoms with Crippen LogP contribution in [0, 0.1) is 0 Å². The van der Waals surface area contributed by atoms with Crippen molar-refractivity contribution >= 4 is 105 Å². The molecule has 3 aromatic heterocycles. The fourth-order valence-electron chi connectivity index (χ4n) is 10.5. The van der Waals surface area contributed by atoms with E-state index >= 15 is 0 Å². The van der Waals surface area contributed by atoms with Crippen LogP contribution in [-0.2, 0) is 0 Å². The summed E-state index contributed by atoms with van der Waals surface area (Å²) in [5.74, 6) is 0. The maximum absolute atomic E-state index is 6.45. The normalized spacial score (nSPS) is 12.0. The number of para-hydroxylation sites is 5. The molecule has 0 N–H and O–H groups in total. The topological polar surface area (TPSA) is 26.2 Å². The van der Waals surface area contributed by atoms with Gasteiger partial charge in [-0.05, 0) is 125 Å². The second-order valence-electron chi connectivity index (χ2n) is 17.5. The van der Waals surface area contributed by atoms with Gasteiger partial charge in [0.2, 0.25) is 0 Å². The van der Waals surface area contributed by atoms with Crippen molar-refractivity contribution in [3.8, 4) is 16.8 Å². The number of aromatic nitrogens is 2. The van der Waals surface area contributed by atoms with Crippen LogP contribution in [0.15, 0.2) is 254 Å². The number of furan rings is 1. The van der Waals surface area contributed by atoms with Gasteiger partial charge < -0.3 is 18.5 Å². The number of fused-ring (bicyclic) bond motifs is 10.